The summed E-state index contributed by atoms with van der Waals surface area (Å²) in [5.41, 5.74) is -0.336. The van der Waals surface area contributed by atoms with Gasteiger partial charge in [0.15, 0.2) is 0 Å². The van der Waals surface area contributed by atoms with Crippen LogP contribution in [0.15, 0.2) is 0 Å². The summed E-state index contributed by atoms with van der Waals surface area (Å²) in [6.07, 6.45) is 0.824. The fourth-order valence-electron chi connectivity index (χ4n) is 2.51. The van der Waals surface area contributed by atoms with Crippen molar-refractivity contribution >= 4 is 5.91 Å². The average Bonchev–Trinajstić information content (AvgIpc) is 2.35. The molecule has 0 aromatic carbocycles. The van der Waals surface area contributed by atoms with Gasteiger partial charge < -0.3 is 19.9 Å². The molecule has 2 N–H and O–H groups in total. The van der Waals surface area contributed by atoms with Crippen LogP contribution in [0.1, 0.15) is 34.1 Å². The van der Waals surface area contributed by atoms with Crippen molar-refractivity contribution in [2.75, 3.05) is 39.4 Å². The molecule has 1 aliphatic heterocycles. The van der Waals surface area contributed by atoms with Crippen molar-refractivity contribution in [2.24, 2.45) is 0 Å². The van der Waals surface area contributed by atoms with Crippen molar-refractivity contribution in [1.82, 2.24) is 10.2 Å². The predicted molar refractivity (Wildman–Crippen MR) is 81.2 cm³/mol. The number of amides is 1. The fourth-order valence-corrected chi connectivity index (χ4v) is 2.51. The maximum Gasteiger partial charge on any atom is 0.234 e. The minimum atomic E-state index is -0.336. The van der Waals surface area contributed by atoms with Crippen molar-refractivity contribution in [3.63, 3.8) is 0 Å². The highest BCUT2D eigenvalue weighted by Crippen LogP contribution is 2.20. The van der Waals surface area contributed by atoms with Gasteiger partial charge in [-0.3, -0.25) is 9.69 Å². The zero-order chi connectivity index (χ0) is 15.9. The molecule has 6 nitrogen and oxygen atoms in total. The Labute approximate surface area is 127 Å². The maximum atomic E-state index is 11.9. The van der Waals surface area contributed by atoms with Gasteiger partial charge in [0.1, 0.15) is 0 Å². The summed E-state index contributed by atoms with van der Waals surface area (Å²) in [7, 11) is 0. The number of aliphatic hydroxyl groups is 1. The largest absolute Gasteiger partial charge is 0.394 e. The molecule has 0 saturated carbocycles. The third-order valence-electron chi connectivity index (χ3n) is 3.22. The number of aliphatic hydroxyl groups excluding tert-OH is 1. The van der Waals surface area contributed by atoms with E-state index in [4.69, 9.17) is 9.47 Å². The Kier molecular flexibility index (Phi) is 7.59. The van der Waals surface area contributed by atoms with Gasteiger partial charge in [0.05, 0.1) is 31.0 Å². The van der Waals surface area contributed by atoms with Gasteiger partial charge >= 0.3 is 0 Å². The van der Waals surface area contributed by atoms with Crippen LogP contribution in [0.3, 0.4) is 0 Å². The first-order valence-corrected chi connectivity index (χ1v) is 7.72. The van der Waals surface area contributed by atoms with Crippen LogP contribution in [-0.2, 0) is 14.3 Å². The summed E-state index contributed by atoms with van der Waals surface area (Å²) in [4.78, 5) is 13.9. The van der Waals surface area contributed by atoms with Gasteiger partial charge in [-0.05, 0) is 34.1 Å². The third kappa shape index (κ3) is 7.76. The second-order valence-corrected chi connectivity index (χ2v) is 6.47. The maximum absolute atomic E-state index is 11.9. The lowest BCUT2D eigenvalue weighted by Crippen LogP contribution is -2.55. The van der Waals surface area contributed by atoms with E-state index in [1.165, 1.54) is 0 Å². The van der Waals surface area contributed by atoms with Crippen molar-refractivity contribution in [3.05, 3.63) is 0 Å². The summed E-state index contributed by atoms with van der Waals surface area (Å²) in [5, 5.41) is 12.2. The quantitative estimate of drug-likeness (QED) is 0.635. The van der Waals surface area contributed by atoms with E-state index in [2.05, 4.69) is 5.32 Å². The van der Waals surface area contributed by atoms with Crippen LogP contribution >= 0.6 is 0 Å². The van der Waals surface area contributed by atoms with E-state index in [1.807, 2.05) is 32.6 Å². The van der Waals surface area contributed by atoms with Crippen LogP contribution in [0.2, 0.25) is 0 Å². The third-order valence-corrected chi connectivity index (χ3v) is 3.22. The second-order valence-electron chi connectivity index (χ2n) is 6.47. The lowest BCUT2D eigenvalue weighted by Gasteiger charge is -2.42. The fraction of sp³-hybridized carbons (Fsp3) is 0.933. The molecule has 1 amide bonds. The highest BCUT2D eigenvalue weighted by atomic mass is 16.5. The van der Waals surface area contributed by atoms with Gasteiger partial charge in [-0.25, -0.2) is 0 Å². The zero-order valence-electron chi connectivity index (χ0n) is 13.7. The van der Waals surface area contributed by atoms with Crippen LogP contribution in [0, 0.1) is 0 Å². The lowest BCUT2D eigenvalue weighted by molar-refractivity contribution is -0.153. The molecule has 6 heteroatoms. The van der Waals surface area contributed by atoms with Crippen LogP contribution in [-0.4, -0.2) is 73.1 Å². The topological polar surface area (TPSA) is 71.0 Å². The highest BCUT2D eigenvalue weighted by Gasteiger charge is 2.33. The summed E-state index contributed by atoms with van der Waals surface area (Å²) in [6, 6.07) is 0. The minimum Gasteiger partial charge on any atom is -0.394 e. The number of carbonyl (C=O) groups is 1. The molecule has 0 aliphatic carbocycles. The number of rotatable bonds is 8. The number of hydrogen-bond donors (Lipinski definition) is 2. The van der Waals surface area contributed by atoms with Crippen molar-refractivity contribution in [1.29, 1.82) is 0 Å². The molecule has 0 aromatic rings. The first kappa shape index (κ1) is 18.4. The normalized spacial score (nSPS) is 22.5. The number of nitrogens with zero attached hydrogens (tertiary/aromatic N) is 1. The molecule has 1 atom stereocenters. The Morgan fingerprint density at radius 2 is 2.24 bits per heavy atom. The van der Waals surface area contributed by atoms with Gasteiger partial charge in [-0.1, -0.05) is 0 Å². The molecule has 1 unspecified atom stereocenters. The minimum absolute atomic E-state index is 0.00827. The highest BCUT2D eigenvalue weighted by molar-refractivity contribution is 5.78. The Bertz CT molecular complexity index is 321. The Morgan fingerprint density at radius 3 is 2.86 bits per heavy atom. The van der Waals surface area contributed by atoms with Crippen molar-refractivity contribution < 1.29 is 19.4 Å². The number of ether oxygens (including phenoxy) is 2. The molecule has 0 bridgehead atoms. The average molecular weight is 302 g/mol. The van der Waals surface area contributed by atoms with E-state index in [9.17, 15) is 9.90 Å². The Hall–Kier alpha value is -0.690. The number of nitrogens with one attached hydrogen (secondary N) is 1. The molecule has 1 aliphatic rings. The van der Waals surface area contributed by atoms with E-state index >= 15 is 0 Å². The number of carbonyl (C=O) groups excluding carboxylic acids is 1. The second kappa shape index (κ2) is 8.68. The van der Waals surface area contributed by atoms with Crippen LogP contribution in [0.25, 0.3) is 0 Å². The van der Waals surface area contributed by atoms with Gasteiger partial charge in [0.2, 0.25) is 5.91 Å². The van der Waals surface area contributed by atoms with Crippen molar-refractivity contribution in [2.45, 2.75) is 51.9 Å². The van der Waals surface area contributed by atoms with E-state index in [-0.39, 0.29) is 30.3 Å². The molecule has 0 radical (unpaired) electrons. The molecule has 1 fully saturated rings. The summed E-state index contributed by atoms with van der Waals surface area (Å²) >= 11 is 0. The molecule has 1 heterocycles. The molecular weight excluding hydrogens is 272 g/mol. The summed E-state index contributed by atoms with van der Waals surface area (Å²) in [5.74, 6) is 0.00827. The molecule has 1 saturated heterocycles. The molecule has 21 heavy (non-hydrogen) atoms. The molecule has 0 aromatic heterocycles. The van der Waals surface area contributed by atoms with E-state index in [0.717, 1.165) is 6.42 Å². The van der Waals surface area contributed by atoms with Crippen molar-refractivity contribution in [3.8, 4) is 0 Å². The number of hydrogen-bond acceptors (Lipinski definition) is 5. The zero-order valence-corrected chi connectivity index (χ0v) is 13.7. The molecular formula is C15H30N2O4. The molecule has 1 rings (SSSR count). The SMILES string of the molecule is CC(C)OCCCNC(=O)CN1CC(CO)OC(C)(C)C1. The standard InChI is InChI=1S/C15H30N2O4/c1-12(2)20-7-5-6-16-14(19)9-17-8-13(10-18)21-15(3,4)11-17/h12-13,18H,5-11H2,1-4H3,(H,16,19). The Balaban J connectivity index is 2.24. The summed E-state index contributed by atoms with van der Waals surface area (Å²) in [6.45, 7) is 10.8. The van der Waals surface area contributed by atoms with Crippen LogP contribution in [0.5, 0.6) is 0 Å². The van der Waals surface area contributed by atoms with E-state index in [0.29, 0.717) is 32.8 Å². The van der Waals surface area contributed by atoms with E-state index < -0.39 is 0 Å². The molecule has 0 spiro atoms. The van der Waals surface area contributed by atoms with E-state index in [1.54, 1.807) is 0 Å². The Morgan fingerprint density at radius 1 is 1.52 bits per heavy atom. The monoisotopic (exact) mass is 302 g/mol. The molecule has 124 valence electrons. The van der Waals surface area contributed by atoms with Crippen LogP contribution < -0.4 is 5.32 Å². The van der Waals surface area contributed by atoms with Gasteiger partial charge in [0, 0.05) is 26.2 Å². The van der Waals surface area contributed by atoms with Gasteiger partial charge in [-0.15, -0.1) is 0 Å². The number of morpholine rings is 1. The first-order valence-electron chi connectivity index (χ1n) is 7.72. The lowest BCUT2D eigenvalue weighted by atomic mass is 10.1. The smallest absolute Gasteiger partial charge is 0.234 e. The predicted octanol–water partition coefficient (Wildman–Crippen LogP) is 0.389. The van der Waals surface area contributed by atoms with Crippen LogP contribution in [0.4, 0.5) is 0 Å². The van der Waals surface area contributed by atoms with Gasteiger partial charge in [0.25, 0.3) is 0 Å². The first-order chi connectivity index (χ1) is 9.82. The van der Waals surface area contributed by atoms with Gasteiger partial charge in [-0.2, -0.15) is 0 Å². The summed E-state index contributed by atoms with van der Waals surface area (Å²) < 4.78 is 11.2.